The number of piperidine rings is 1. The van der Waals surface area contributed by atoms with Crippen molar-refractivity contribution in [2.24, 2.45) is 5.73 Å². The van der Waals surface area contributed by atoms with Crippen molar-refractivity contribution in [3.05, 3.63) is 65.7 Å². The molecule has 3 rings (SSSR count). The molecule has 0 aromatic heterocycles. The van der Waals surface area contributed by atoms with Gasteiger partial charge >= 0.3 is 0 Å². The molecule has 0 aliphatic carbocycles. The van der Waals surface area contributed by atoms with Crippen LogP contribution in [-0.4, -0.2) is 29.9 Å². The average molecular weight is 325 g/mol. The summed E-state index contributed by atoms with van der Waals surface area (Å²) in [5.74, 6) is 0.347. The van der Waals surface area contributed by atoms with Gasteiger partial charge in [-0.25, -0.2) is 0 Å². The minimum Gasteiger partial charge on any atom is -0.379 e. The number of likely N-dealkylation sites (tertiary alicyclic amines) is 1. The highest BCUT2D eigenvalue weighted by Crippen LogP contribution is 2.13. The van der Waals surface area contributed by atoms with Gasteiger partial charge in [0.25, 0.3) is 5.91 Å². The Hall–Kier alpha value is -2.37. The second-order valence-corrected chi connectivity index (χ2v) is 6.16. The van der Waals surface area contributed by atoms with Crippen LogP contribution >= 0.6 is 0 Å². The third kappa shape index (κ3) is 4.57. The van der Waals surface area contributed by atoms with Gasteiger partial charge in [0.1, 0.15) is 0 Å². The number of nitrogens with zero attached hydrogens (tertiary/aromatic N) is 1. The van der Waals surface area contributed by atoms with E-state index in [-0.39, 0.29) is 5.91 Å². The van der Waals surface area contributed by atoms with Crippen LogP contribution in [-0.2, 0) is 6.54 Å². The summed E-state index contributed by atoms with van der Waals surface area (Å²) < 4.78 is 0. The fourth-order valence-electron chi connectivity index (χ4n) is 2.78. The monoisotopic (exact) mass is 325 g/mol. The third-order valence-electron chi connectivity index (χ3n) is 4.26. The lowest BCUT2D eigenvalue weighted by Gasteiger charge is -2.30. The Labute approximate surface area is 142 Å². The summed E-state index contributed by atoms with van der Waals surface area (Å²) in [6, 6.07) is 17.1. The molecule has 0 bridgehead atoms. The molecule has 0 unspecified atom stereocenters. The molecule has 0 spiro atoms. The molecule has 2 aromatic rings. The molecule has 1 amide bonds. The van der Waals surface area contributed by atoms with Crippen LogP contribution in [0.5, 0.6) is 5.75 Å². The number of hydroxylamine groups is 1. The molecule has 0 radical (unpaired) electrons. The highest BCUT2D eigenvalue weighted by Gasteiger charge is 2.16. The fourth-order valence-corrected chi connectivity index (χ4v) is 2.78. The van der Waals surface area contributed by atoms with Crippen LogP contribution in [0.3, 0.4) is 0 Å². The van der Waals surface area contributed by atoms with E-state index < -0.39 is 0 Å². The first kappa shape index (κ1) is 16.5. The van der Waals surface area contributed by atoms with E-state index in [4.69, 9.17) is 10.6 Å². The van der Waals surface area contributed by atoms with Gasteiger partial charge in [0.05, 0.1) is 0 Å². The summed E-state index contributed by atoms with van der Waals surface area (Å²) in [4.78, 5) is 19.8. The van der Waals surface area contributed by atoms with E-state index in [9.17, 15) is 4.79 Å². The van der Waals surface area contributed by atoms with Gasteiger partial charge < -0.3 is 10.6 Å². The molecule has 0 atom stereocenters. The lowest BCUT2D eigenvalue weighted by Crippen LogP contribution is -2.39. The van der Waals surface area contributed by atoms with Crippen molar-refractivity contribution >= 4 is 5.91 Å². The zero-order chi connectivity index (χ0) is 16.8. The molecule has 5 nitrogen and oxygen atoms in total. The Balaban J connectivity index is 1.51. The quantitative estimate of drug-likeness (QED) is 0.828. The maximum Gasteiger partial charge on any atom is 0.283 e. The number of carbonyl (C=O) groups excluding carboxylic acids is 1. The van der Waals surface area contributed by atoms with Crippen molar-refractivity contribution in [3.63, 3.8) is 0 Å². The maximum atomic E-state index is 12.1. The summed E-state index contributed by atoms with van der Waals surface area (Å²) in [7, 11) is 0. The Kier molecular flexibility index (Phi) is 5.46. The molecule has 1 aliphatic heterocycles. The third-order valence-corrected chi connectivity index (χ3v) is 4.26. The second kappa shape index (κ2) is 7.95. The van der Waals surface area contributed by atoms with E-state index in [0.29, 0.717) is 17.4 Å². The van der Waals surface area contributed by atoms with E-state index in [1.165, 1.54) is 5.56 Å². The highest BCUT2D eigenvalue weighted by molar-refractivity contribution is 5.93. The number of nitrogens with one attached hydrogen (secondary N) is 1. The lowest BCUT2D eigenvalue weighted by molar-refractivity contribution is 0.0760. The van der Waals surface area contributed by atoms with Crippen LogP contribution in [0.1, 0.15) is 28.8 Å². The number of hydrogen-bond acceptors (Lipinski definition) is 4. The zero-order valence-electron chi connectivity index (χ0n) is 13.7. The number of para-hydroxylation sites is 1. The summed E-state index contributed by atoms with van der Waals surface area (Å²) >= 11 is 0. The van der Waals surface area contributed by atoms with Gasteiger partial charge in [-0.05, 0) is 55.8 Å². The predicted octanol–water partition coefficient (Wildman–Crippen LogP) is 2.33. The molecule has 126 valence electrons. The summed E-state index contributed by atoms with van der Waals surface area (Å²) in [6.07, 6.45) is 2.11. The minimum absolute atomic E-state index is 0.255. The van der Waals surface area contributed by atoms with Crippen molar-refractivity contribution in [2.75, 3.05) is 13.1 Å². The summed E-state index contributed by atoms with van der Waals surface area (Å²) in [5, 5.41) is 0. The standard InChI is InChI=1S/C19H23N3O2/c20-17-10-12-22(13-11-17)14-15-6-8-16(9-7-15)19(23)21-24-18-4-2-1-3-5-18/h1-9,17H,10-14,20H2,(H,21,23). The SMILES string of the molecule is NC1CCN(Cc2ccc(C(=O)NOc3ccccc3)cc2)CC1. The van der Waals surface area contributed by atoms with Gasteiger partial charge in [-0.1, -0.05) is 30.3 Å². The van der Waals surface area contributed by atoms with Crippen LogP contribution < -0.4 is 16.1 Å². The van der Waals surface area contributed by atoms with Gasteiger partial charge in [-0.15, -0.1) is 0 Å². The maximum absolute atomic E-state index is 12.1. The first-order chi connectivity index (χ1) is 11.7. The number of benzene rings is 2. The molecular weight excluding hydrogens is 302 g/mol. The predicted molar refractivity (Wildman–Crippen MR) is 93.5 cm³/mol. The number of nitrogens with two attached hydrogens (primary N) is 1. The molecule has 2 aromatic carbocycles. The number of hydrogen-bond donors (Lipinski definition) is 2. The van der Waals surface area contributed by atoms with Crippen molar-refractivity contribution in [1.82, 2.24) is 10.4 Å². The van der Waals surface area contributed by atoms with Crippen LogP contribution in [0.15, 0.2) is 54.6 Å². The van der Waals surface area contributed by atoms with Gasteiger partial charge in [-0.3, -0.25) is 9.69 Å². The summed E-state index contributed by atoms with van der Waals surface area (Å²) in [6.45, 7) is 2.97. The largest absolute Gasteiger partial charge is 0.379 e. The van der Waals surface area contributed by atoms with Crippen LogP contribution in [0.25, 0.3) is 0 Å². The molecule has 1 aliphatic rings. The molecule has 1 fully saturated rings. The molecule has 1 saturated heterocycles. The van der Waals surface area contributed by atoms with Gasteiger partial charge in [0.15, 0.2) is 5.75 Å². The van der Waals surface area contributed by atoms with E-state index in [1.54, 1.807) is 12.1 Å². The zero-order valence-corrected chi connectivity index (χ0v) is 13.7. The van der Waals surface area contributed by atoms with Gasteiger partial charge in [-0.2, -0.15) is 5.48 Å². The topological polar surface area (TPSA) is 67.6 Å². The van der Waals surface area contributed by atoms with Crippen LogP contribution in [0.2, 0.25) is 0 Å². The average Bonchev–Trinajstić information content (AvgIpc) is 2.63. The second-order valence-electron chi connectivity index (χ2n) is 6.16. The summed E-state index contributed by atoms with van der Waals surface area (Å²) in [5.41, 5.74) is 10.2. The van der Waals surface area contributed by atoms with E-state index in [0.717, 1.165) is 32.5 Å². The van der Waals surface area contributed by atoms with E-state index in [1.807, 2.05) is 42.5 Å². The van der Waals surface area contributed by atoms with Crippen LogP contribution in [0, 0.1) is 0 Å². The minimum atomic E-state index is -0.255. The van der Waals surface area contributed by atoms with Crippen LogP contribution in [0.4, 0.5) is 0 Å². The first-order valence-electron chi connectivity index (χ1n) is 8.30. The number of carbonyl (C=O) groups is 1. The normalized spacial score (nSPS) is 15.9. The lowest BCUT2D eigenvalue weighted by atomic mass is 10.0. The van der Waals surface area contributed by atoms with Crippen molar-refractivity contribution in [3.8, 4) is 5.75 Å². The first-order valence-corrected chi connectivity index (χ1v) is 8.30. The fraction of sp³-hybridized carbons (Fsp3) is 0.316. The molecule has 24 heavy (non-hydrogen) atoms. The highest BCUT2D eigenvalue weighted by atomic mass is 16.7. The molecular formula is C19H23N3O2. The molecule has 5 heteroatoms. The van der Waals surface area contributed by atoms with Crippen molar-refractivity contribution < 1.29 is 9.63 Å². The number of amides is 1. The molecule has 0 saturated carbocycles. The smallest absolute Gasteiger partial charge is 0.283 e. The Morgan fingerprint density at radius 1 is 1.08 bits per heavy atom. The molecule has 3 N–H and O–H groups in total. The van der Waals surface area contributed by atoms with Crippen molar-refractivity contribution in [1.29, 1.82) is 0 Å². The number of rotatable bonds is 5. The van der Waals surface area contributed by atoms with Crippen molar-refractivity contribution in [2.45, 2.75) is 25.4 Å². The molecule has 1 heterocycles. The Morgan fingerprint density at radius 3 is 2.42 bits per heavy atom. The van der Waals surface area contributed by atoms with E-state index >= 15 is 0 Å². The van der Waals surface area contributed by atoms with Gasteiger partial charge in [0, 0.05) is 18.2 Å². The van der Waals surface area contributed by atoms with E-state index in [2.05, 4.69) is 10.4 Å². The van der Waals surface area contributed by atoms with Gasteiger partial charge in [0.2, 0.25) is 0 Å². The Morgan fingerprint density at radius 2 is 1.75 bits per heavy atom. The Bertz CT molecular complexity index is 650.